The van der Waals surface area contributed by atoms with E-state index in [-0.39, 0.29) is 11.6 Å². The molecule has 0 unspecified atom stereocenters. The van der Waals surface area contributed by atoms with Crippen molar-refractivity contribution in [1.29, 1.82) is 0 Å². The van der Waals surface area contributed by atoms with Gasteiger partial charge < -0.3 is 10.2 Å². The molecule has 1 aromatic heterocycles. The maximum atomic E-state index is 11.7. The van der Waals surface area contributed by atoms with Crippen LogP contribution in [0.5, 0.6) is 0 Å². The van der Waals surface area contributed by atoms with Gasteiger partial charge in [0.25, 0.3) is 0 Å². The molecule has 19 heavy (non-hydrogen) atoms. The van der Waals surface area contributed by atoms with Crippen LogP contribution in [0.1, 0.15) is 36.0 Å². The van der Waals surface area contributed by atoms with Crippen LogP contribution in [0, 0.1) is 0 Å². The Morgan fingerprint density at radius 1 is 1.32 bits per heavy atom. The van der Waals surface area contributed by atoms with Gasteiger partial charge in [-0.05, 0) is 30.4 Å². The maximum absolute atomic E-state index is 11.7. The zero-order valence-electron chi connectivity index (χ0n) is 10.8. The molecule has 1 aromatic rings. The predicted molar refractivity (Wildman–Crippen MR) is 71.0 cm³/mol. The number of pyridine rings is 1. The second-order valence-electron chi connectivity index (χ2n) is 4.65. The first-order valence-corrected chi connectivity index (χ1v) is 8.00. The Labute approximate surface area is 112 Å². The summed E-state index contributed by atoms with van der Waals surface area (Å²) in [6.07, 6.45) is 7.24. The van der Waals surface area contributed by atoms with Gasteiger partial charge in [0.2, 0.25) is 0 Å². The van der Waals surface area contributed by atoms with Crippen molar-refractivity contribution in [2.75, 3.05) is 6.26 Å². The molecule has 104 valence electrons. The molecule has 1 aliphatic carbocycles. The molecular weight excluding hydrogens is 266 g/mol. The van der Waals surface area contributed by atoms with Crippen LogP contribution in [0.15, 0.2) is 17.3 Å². The van der Waals surface area contributed by atoms with Crippen molar-refractivity contribution in [2.24, 2.45) is 0 Å². The monoisotopic (exact) mass is 283 g/mol. The minimum atomic E-state index is -3.50. The van der Waals surface area contributed by atoms with Crippen molar-refractivity contribution >= 4 is 15.4 Å². The Kier molecular flexibility index (Phi) is 4.03. The van der Waals surface area contributed by atoms with Gasteiger partial charge in [0.15, 0.2) is 14.9 Å². The van der Waals surface area contributed by atoms with Gasteiger partial charge in [-0.15, -0.1) is 0 Å². The summed E-state index contributed by atoms with van der Waals surface area (Å²) in [5, 5.41) is 18.8. The highest BCUT2D eigenvalue weighted by Crippen LogP contribution is 2.34. The van der Waals surface area contributed by atoms with E-state index in [0.717, 1.165) is 31.1 Å². The zero-order chi connectivity index (χ0) is 14.0. The van der Waals surface area contributed by atoms with Crippen LogP contribution in [-0.4, -0.2) is 29.9 Å². The number of rotatable bonds is 4. The van der Waals surface area contributed by atoms with Crippen LogP contribution in [0.2, 0.25) is 0 Å². The molecule has 0 amide bonds. The molecule has 0 fully saturated rings. The fraction of sp³-hybridized carbons (Fsp3) is 0.462. The van der Waals surface area contributed by atoms with Crippen molar-refractivity contribution in [3.63, 3.8) is 0 Å². The molecule has 2 N–H and O–H groups in total. The molecule has 1 aliphatic rings. The van der Waals surface area contributed by atoms with Crippen LogP contribution in [0.3, 0.4) is 0 Å². The minimum absolute atomic E-state index is 0.102. The maximum Gasteiger partial charge on any atom is 0.193 e. The normalized spacial score (nSPS) is 15.6. The number of sulfone groups is 1. The summed E-state index contributed by atoms with van der Waals surface area (Å²) in [6, 6.07) is 0. The van der Waals surface area contributed by atoms with E-state index in [9.17, 15) is 18.6 Å². The number of aliphatic hydroxyl groups excluding tert-OH is 2. The minimum Gasteiger partial charge on any atom is -0.392 e. The summed E-state index contributed by atoms with van der Waals surface area (Å²) in [7, 11) is -3.50. The summed E-state index contributed by atoms with van der Waals surface area (Å²) in [4.78, 5) is 3.89. The van der Waals surface area contributed by atoms with Gasteiger partial charge in [-0.2, -0.15) is 0 Å². The summed E-state index contributed by atoms with van der Waals surface area (Å²) < 4.78 is 23.4. The molecular formula is C13H17NO4S. The number of hydrogen-bond donors (Lipinski definition) is 2. The van der Waals surface area contributed by atoms with E-state index in [0.29, 0.717) is 16.7 Å². The number of allylic oxidation sites excluding steroid dienone is 2. The van der Waals surface area contributed by atoms with Gasteiger partial charge in [0.05, 0.1) is 13.2 Å². The van der Waals surface area contributed by atoms with Gasteiger partial charge in [0, 0.05) is 23.6 Å². The molecule has 0 radical (unpaired) electrons. The first-order valence-electron chi connectivity index (χ1n) is 6.11. The lowest BCUT2D eigenvalue weighted by Crippen LogP contribution is -2.11. The third-order valence-electron chi connectivity index (χ3n) is 3.26. The second-order valence-corrected chi connectivity index (χ2v) is 6.58. The highest BCUT2D eigenvalue weighted by atomic mass is 32.2. The summed E-state index contributed by atoms with van der Waals surface area (Å²) in [5.74, 6) is 0. The van der Waals surface area contributed by atoms with Crippen LogP contribution in [0.25, 0.3) is 5.57 Å². The van der Waals surface area contributed by atoms with Crippen LogP contribution in [-0.2, 0) is 23.1 Å². The van der Waals surface area contributed by atoms with Crippen molar-refractivity contribution in [3.8, 4) is 0 Å². The fourth-order valence-corrected chi connectivity index (χ4v) is 3.32. The van der Waals surface area contributed by atoms with Crippen LogP contribution >= 0.6 is 0 Å². The number of nitrogens with zero attached hydrogens (tertiary/aromatic N) is 1. The Morgan fingerprint density at radius 2 is 2.05 bits per heavy atom. The SMILES string of the molecule is CS(=O)(=O)c1ncc(CO)c(C2=CCCC2)c1CO. The summed E-state index contributed by atoms with van der Waals surface area (Å²) in [5.41, 5.74) is 2.49. The summed E-state index contributed by atoms with van der Waals surface area (Å²) in [6.45, 7) is -0.632. The topological polar surface area (TPSA) is 87.5 Å². The molecule has 5 nitrogen and oxygen atoms in total. The second kappa shape index (κ2) is 5.40. The fourth-order valence-electron chi connectivity index (χ4n) is 2.46. The molecule has 0 spiro atoms. The van der Waals surface area contributed by atoms with Crippen molar-refractivity contribution in [3.05, 3.63) is 29.0 Å². The van der Waals surface area contributed by atoms with E-state index in [2.05, 4.69) is 4.98 Å². The molecule has 0 saturated heterocycles. The molecule has 0 atom stereocenters. The Morgan fingerprint density at radius 3 is 2.53 bits per heavy atom. The van der Waals surface area contributed by atoms with Gasteiger partial charge in [0.1, 0.15) is 0 Å². The number of hydrogen-bond acceptors (Lipinski definition) is 5. The third-order valence-corrected chi connectivity index (χ3v) is 4.31. The molecule has 6 heteroatoms. The highest BCUT2D eigenvalue weighted by Gasteiger charge is 2.23. The average molecular weight is 283 g/mol. The number of aromatic nitrogens is 1. The summed E-state index contributed by atoms with van der Waals surface area (Å²) >= 11 is 0. The molecule has 0 aromatic carbocycles. The Balaban J connectivity index is 2.73. The predicted octanol–water partition coefficient (Wildman–Crippen LogP) is 1.04. The van der Waals surface area contributed by atoms with Gasteiger partial charge in [-0.1, -0.05) is 6.08 Å². The third kappa shape index (κ3) is 2.70. The lowest BCUT2D eigenvalue weighted by Gasteiger charge is -2.16. The van der Waals surface area contributed by atoms with E-state index < -0.39 is 16.4 Å². The lowest BCUT2D eigenvalue weighted by molar-refractivity contribution is 0.270. The zero-order valence-corrected chi connectivity index (χ0v) is 11.6. The molecule has 0 bridgehead atoms. The van der Waals surface area contributed by atoms with Gasteiger partial charge in [-0.25, -0.2) is 13.4 Å². The first-order chi connectivity index (χ1) is 8.99. The molecule has 2 rings (SSSR count). The first kappa shape index (κ1) is 14.2. The van der Waals surface area contributed by atoms with Crippen LogP contribution in [0.4, 0.5) is 0 Å². The molecule has 0 saturated carbocycles. The smallest absolute Gasteiger partial charge is 0.193 e. The molecule has 1 heterocycles. The quantitative estimate of drug-likeness (QED) is 0.862. The van der Waals surface area contributed by atoms with E-state index in [1.165, 1.54) is 6.20 Å². The Bertz CT molecular complexity index is 620. The van der Waals surface area contributed by atoms with Gasteiger partial charge >= 0.3 is 0 Å². The van der Waals surface area contributed by atoms with Crippen LogP contribution < -0.4 is 0 Å². The lowest BCUT2D eigenvalue weighted by atomic mass is 9.96. The number of aliphatic hydroxyl groups is 2. The largest absolute Gasteiger partial charge is 0.392 e. The van der Waals surface area contributed by atoms with Gasteiger partial charge in [-0.3, -0.25) is 0 Å². The van der Waals surface area contributed by atoms with Crippen molar-refractivity contribution < 1.29 is 18.6 Å². The van der Waals surface area contributed by atoms with E-state index in [1.54, 1.807) is 0 Å². The van der Waals surface area contributed by atoms with Crippen molar-refractivity contribution in [1.82, 2.24) is 4.98 Å². The van der Waals surface area contributed by atoms with E-state index in [4.69, 9.17) is 0 Å². The van der Waals surface area contributed by atoms with E-state index >= 15 is 0 Å². The molecule has 0 aliphatic heterocycles. The van der Waals surface area contributed by atoms with E-state index in [1.807, 2.05) is 6.08 Å². The average Bonchev–Trinajstić information content (AvgIpc) is 2.89. The standard InChI is InChI=1S/C13H17NO4S/c1-19(17,18)13-11(8-16)12(9-4-2-3-5-9)10(7-15)6-14-13/h4,6,15-16H,2-3,5,7-8H2,1H3. The van der Waals surface area contributed by atoms with Crippen molar-refractivity contribution in [2.45, 2.75) is 37.5 Å². The highest BCUT2D eigenvalue weighted by molar-refractivity contribution is 7.90. The Hall–Kier alpha value is -1.24.